The molecule has 1 amide bonds. The van der Waals surface area contributed by atoms with Gasteiger partial charge in [0.15, 0.2) is 0 Å². The third kappa shape index (κ3) is 6.09. The van der Waals surface area contributed by atoms with E-state index in [1.165, 1.54) is 12.8 Å². The molecule has 0 aromatic rings. The van der Waals surface area contributed by atoms with Crippen molar-refractivity contribution in [3.63, 3.8) is 0 Å². The van der Waals surface area contributed by atoms with Gasteiger partial charge in [0.25, 0.3) is 0 Å². The molecule has 1 fully saturated rings. The highest BCUT2D eigenvalue weighted by Crippen LogP contribution is 2.36. The second-order valence-electron chi connectivity index (χ2n) is 7.03. The summed E-state index contributed by atoms with van der Waals surface area (Å²) in [5.74, 6) is 0. The number of aliphatic hydroxyl groups excluding tert-OH is 1. The summed E-state index contributed by atoms with van der Waals surface area (Å²) in [6.45, 7) is 9.14. The van der Waals surface area contributed by atoms with Crippen molar-refractivity contribution in [3.8, 4) is 0 Å². The van der Waals surface area contributed by atoms with Gasteiger partial charge in [-0.2, -0.15) is 0 Å². The molecule has 0 heterocycles. The molecule has 1 unspecified atom stereocenters. The lowest BCUT2D eigenvalue weighted by Crippen LogP contribution is -2.45. The molecule has 1 atom stereocenters. The number of nitrogens with one attached hydrogen (secondary N) is 2. The number of carbonyl (C=O) groups excluding carboxylic acids is 1. The fourth-order valence-electron chi connectivity index (χ4n) is 2.53. The Balaban J connectivity index is 2.23. The van der Waals surface area contributed by atoms with Crippen molar-refractivity contribution in [2.75, 3.05) is 19.7 Å². The second-order valence-corrected chi connectivity index (χ2v) is 7.03. The first-order valence-corrected chi connectivity index (χ1v) is 7.57. The van der Waals surface area contributed by atoms with Gasteiger partial charge in [0, 0.05) is 31.2 Å². The first kappa shape index (κ1) is 17.2. The van der Waals surface area contributed by atoms with Crippen LogP contribution >= 0.6 is 0 Å². The van der Waals surface area contributed by atoms with Crippen molar-refractivity contribution < 1.29 is 14.6 Å². The van der Waals surface area contributed by atoms with Gasteiger partial charge in [-0.25, -0.2) is 4.79 Å². The fraction of sp³-hybridized carbons (Fsp3) is 0.933. The van der Waals surface area contributed by atoms with Crippen LogP contribution in [0.2, 0.25) is 0 Å². The van der Waals surface area contributed by atoms with Gasteiger partial charge in [0.05, 0.1) is 0 Å². The minimum atomic E-state index is -0.467. The maximum Gasteiger partial charge on any atom is 0.407 e. The summed E-state index contributed by atoms with van der Waals surface area (Å²) in [7, 11) is 0. The van der Waals surface area contributed by atoms with E-state index in [0.29, 0.717) is 6.54 Å². The molecular formula is C15H30N2O3. The third-order valence-corrected chi connectivity index (χ3v) is 3.78. The van der Waals surface area contributed by atoms with E-state index in [2.05, 4.69) is 10.6 Å². The molecule has 0 aromatic heterocycles. The smallest absolute Gasteiger partial charge is 0.407 e. The van der Waals surface area contributed by atoms with Crippen molar-refractivity contribution in [3.05, 3.63) is 0 Å². The lowest BCUT2D eigenvalue weighted by Gasteiger charge is -2.29. The van der Waals surface area contributed by atoms with Gasteiger partial charge in [0.2, 0.25) is 0 Å². The van der Waals surface area contributed by atoms with Crippen LogP contribution in [0.4, 0.5) is 4.79 Å². The molecule has 0 saturated heterocycles. The van der Waals surface area contributed by atoms with E-state index in [4.69, 9.17) is 4.74 Å². The normalized spacial score (nSPS) is 19.6. The molecule has 0 aliphatic heterocycles. The van der Waals surface area contributed by atoms with Crippen molar-refractivity contribution in [1.29, 1.82) is 0 Å². The zero-order valence-electron chi connectivity index (χ0n) is 13.3. The first-order chi connectivity index (χ1) is 9.26. The van der Waals surface area contributed by atoms with Gasteiger partial charge in [0.1, 0.15) is 5.60 Å². The highest BCUT2D eigenvalue weighted by atomic mass is 16.6. The largest absolute Gasteiger partial charge is 0.444 e. The first-order valence-electron chi connectivity index (χ1n) is 7.57. The molecule has 0 aromatic carbocycles. The van der Waals surface area contributed by atoms with Crippen molar-refractivity contribution >= 4 is 6.09 Å². The number of aliphatic hydroxyl groups is 1. The summed E-state index contributed by atoms with van der Waals surface area (Å²) in [6.07, 6.45) is 4.19. The molecule has 0 bridgehead atoms. The predicted molar refractivity (Wildman–Crippen MR) is 79.7 cm³/mol. The van der Waals surface area contributed by atoms with Gasteiger partial charge < -0.3 is 20.5 Å². The van der Waals surface area contributed by atoms with E-state index in [1.807, 2.05) is 27.7 Å². The summed E-state index contributed by atoms with van der Waals surface area (Å²) in [6, 6.07) is 0.159. The Morgan fingerprint density at radius 2 is 1.95 bits per heavy atom. The summed E-state index contributed by atoms with van der Waals surface area (Å²) >= 11 is 0. The van der Waals surface area contributed by atoms with E-state index in [-0.39, 0.29) is 24.2 Å². The average molecular weight is 286 g/mol. The maximum absolute atomic E-state index is 11.5. The number of hydrogen-bond donors (Lipinski definition) is 3. The van der Waals surface area contributed by atoms with E-state index in [9.17, 15) is 9.90 Å². The van der Waals surface area contributed by atoms with E-state index in [0.717, 1.165) is 19.4 Å². The number of amides is 1. The SMILES string of the molecule is CC(CNC(=O)OC(C)(C)C)NCC1(CO)CCCC1. The molecular weight excluding hydrogens is 256 g/mol. The molecule has 1 rings (SSSR count). The number of alkyl carbamates (subject to hydrolysis) is 1. The van der Waals surface area contributed by atoms with Crippen LogP contribution in [0.3, 0.4) is 0 Å². The van der Waals surface area contributed by atoms with Crippen LogP contribution in [-0.4, -0.2) is 42.5 Å². The third-order valence-electron chi connectivity index (χ3n) is 3.78. The summed E-state index contributed by atoms with van der Waals surface area (Å²) in [4.78, 5) is 11.5. The molecule has 3 N–H and O–H groups in total. The van der Waals surface area contributed by atoms with Gasteiger partial charge >= 0.3 is 6.09 Å². The molecule has 20 heavy (non-hydrogen) atoms. The summed E-state index contributed by atoms with van der Waals surface area (Å²) < 4.78 is 5.19. The zero-order chi connectivity index (χ0) is 15.2. The molecule has 118 valence electrons. The van der Waals surface area contributed by atoms with E-state index >= 15 is 0 Å². The van der Waals surface area contributed by atoms with Gasteiger partial charge in [-0.3, -0.25) is 0 Å². The van der Waals surface area contributed by atoms with Crippen molar-refractivity contribution in [2.45, 2.75) is 65.0 Å². The highest BCUT2D eigenvalue weighted by molar-refractivity contribution is 5.67. The molecule has 0 spiro atoms. The lowest BCUT2D eigenvalue weighted by atomic mass is 9.87. The molecule has 5 nitrogen and oxygen atoms in total. The minimum absolute atomic E-state index is 0.0418. The quantitative estimate of drug-likeness (QED) is 0.699. The topological polar surface area (TPSA) is 70.6 Å². The monoisotopic (exact) mass is 286 g/mol. The van der Waals surface area contributed by atoms with E-state index < -0.39 is 5.60 Å². The number of rotatable bonds is 6. The van der Waals surface area contributed by atoms with Gasteiger partial charge in [-0.05, 0) is 40.5 Å². The Morgan fingerprint density at radius 1 is 1.35 bits per heavy atom. The van der Waals surface area contributed by atoms with Crippen LogP contribution in [-0.2, 0) is 4.74 Å². The van der Waals surface area contributed by atoms with E-state index in [1.54, 1.807) is 0 Å². The minimum Gasteiger partial charge on any atom is -0.444 e. The van der Waals surface area contributed by atoms with Gasteiger partial charge in [-0.1, -0.05) is 12.8 Å². The Kier molecular flexibility index (Phi) is 6.27. The number of ether oxygens (including phenoxy) is 1. The standard InChI is InChI=1S/C15H30N2O3/c1-12(9-16-13(19)20-14(2,3)4)17-10-15(11-18)7-5-6-8-15/h12,17-18H,5-11H2,1-4H3,(H,16,19). The fourth-order valence-corrected chi connectivity index (χ4v) is 2.53. The molecule has 1 aliphatic carbocycles. The summed E-state index contributed by atoms with van der Waals surface area (Å²) in [5, 5.41) is 15.7. The Morgan fingerprint density at radius 3 is 2.45 bits per heavy atom. The van der Waals surface area contributed by atoms with Gasteiger partial charge in [-0.15, -0.1) is 0 Å². The van der Waals surface area contributed by atoms with Crippen LogP contribution < -0.4 is 10.6 Å². The molecule has 1 saturated carbocycles. The number of hydrogen-bond acceptors (Lipinski definition) is 4. The Labute approximate surface area is 122 Å². The van der Waals surface area contributed by atoms with Crippen LogP contribution in [0, 0.1) is 5.41 Å². The maximum atomic E-state index is 11.5. The predicted octanol–water partition coefficient (Wildman–Crippen LogP) is 2.04. The molecule has 0 radical (unpaired) electrons. The lowest BCUT2D eigenvalue weighted by molar-refractivity contribution is 0.0521. The highest BCUT2D eigenvalue weighted by Gasteiger charge is 2.33. The van der Waals surface area contributed by atoms with Crippen molar-refractivity contribution in [2.24, 2.45) is 5.41 Å². The van der Waals surface area contributed by atoms with Crippen LogP contribution in [0.15, 0.2) is 0 Å². The molecule has 5 heteroatoms. The Bertz CT molecular complexity index is 307. The van der Waals surface area contributed by atoms with Crippen molar-refractivity contribution in [1.82, 2.24) is 10.6 Å². The van der Waals surface area contributed by atoms with Crippen LogP contribution in [0.1, 0.15) is 53.4 Å². The van der Waals surface area contributed by atoms with Crippen LogP contribution in [0.25, 0.3) is 0 Å². The average Bonchev–Trinajstić information content (AvgIpc) is 2.81. The summed E-state index contributed by atoms with van der Waals surface area (Å²) in [5.41, 5.74) is -0.425. The zero-order valence-corrected chi connectivity index (χ0v) is 13.3. The number of carbonyl (C=O) groups is 1. The second kappa shape index (κ2) is 7.27. The molecule has 1 aliphatic rings. The van der Waals surface area contributed by atoms with Crippen LogP contribution in [0.5, 0.6) is 0 Å². The Hall–Kier alpha value is -0.810.